The van der Waals surface area contributed by atoms with Crippen molar-refractivity contribution in [2.24, 2.45) is 0 Å². The van der Waals surface area contributed by atoms with Gasteiger partial charge in [0.25, 0.3) is 0 Å². The summed E-state index contributed by atoms with van der Waals surface area (Å²) in [6.45, 7) is 2.08. The summed E-state index contributed by atoms with van der Waals surface area (Å²) in [5, 5.41) is 8.72. The minimum Gasteiger partial charge on any atom is -0.496 e. The second kappa shape index (κ2) is 6.06. The van der Waals surface area contributed by atoms with E-state index in [4.69, 9.17) is 10.00 Å². The predicted octanol–water partition coefficient (Wildman–Crippen LogP) is 3.66. The molecule has 0 heterocycles. The molecule has 0 atom stereocenters. The van der Waals surface area contributed by atoms with Gasteiger partial charge in [-0.25, -0.2) is 0 Å². The maximum absolute atomic E-state index is 8.72. The average molecular weight is 251 g/mol. The molecule has 0 spiro atoms. The molecule has 0 saturated carbocycles. The molecule has 2 nitrogen and oxygen atoms in total. The van der Waals surface area contributed by atoms with Crippen LogP contribution in [0.1, 0.15) is 22.3 Å². The number of hydrogen-bond donors (Lipinski definition) is 0. The largest absolute Gasteiger partial charge is 0.496 e. The van der Waals surface area contributed by atoms with Gasteiger partial charge in [0.1, 0.15) is 5.75 Å². The Morgan fingerprint density at radius 2 is 1.74 bits per heavy atom. The van der Waals surface area contributed by atoms with Crippen LogP contribution in [0.4, 0.5) is 0 Å². The van der Waals surface area contributed by atoms with Gasteiger partial charge < -0.3 is 4.74 Å². The van der Waals surface area contributed by atoms with E-state index in [1.807, 2.05) is 18.2 Å². The van der Waals surface area contributed by atoms with Crippen molar-refractivity contribution in [2.75, 3.05) is 7.11 Å². The van der Waals surface area contributed by atoms with Crippen LogP contribution in [0.15, 0.2) is 42.5 Å². The van der Waals surface area contributed by atoms with E-state index in [0.29, 0.717) is 6.42 Å². The number of rotatable bonds is 4. The van der Waals surface area contributed by atoms with Gasteiger partial charge in [-0.15, -0.1) is 0 Å². The molecule has 2 rings (SSSR count). The summed E-state index contributed by atoms with van der Waals surface area (Å²) < 4.78 is 5.42. The smallest absolute Gasteiger partial charge is 0.122 e. The molecule has 2 aromatic carbocycles. The molecule has 0 unspecified atom stereocenters. The number of hydrogen-bond acceptors (Lipinski definition) is 2. The second-order valence-corrected chi connectivity index (χ2v) is 4.64. The van der Waals surface area contributed by atoms with Crippen LogP contribution in [0.5, 0.6) is 5.75 Å². The lowest BCUT2D eigenvalue weighted by molar-refractivity contribution is 0.410. The summed E-state index contributed by atoms with van der Waals surface area (Å²) in [7, 11) is 1.67. The van der Waals surface area contributed by atoms with Crippen LogP contribution >= 0.6 is 0 Å². The summed E-state index contributed by atoms with van der Waals surface area (Å²) in [5.41, 5.74) is 4.66. The Balaban J connectivity index is 2.24. The summed E-state index contributed by atoms with van der Waals surface area (Å²) in [5.74, 6) is 0.855. The number of nitriles is 1. The lowest BCUT2D eigenvalue weighted by Gasteiger charge is -2.10. The lowest BCUT2D eigenvalue weighted by atomic mass is 10.0. The van der Waals surface area contributed by atoms with Crippen LogP contribution in [-0.2, 0) is 12.8 Å². The van der Waals surface area contributed by atoms with E-state index in [1.54, 1.807) is 7.11 Å². The lowest BCUT2D eigenvalue weighted by Crippen LogP contribution is -1.95. The Bertz CT molecular complexity index is 594. The summed E-state index contributed by atoms with van der Waals surface area (Å²) in [6, 6.07) is 16.7. The maximum atomic E-state index is 8.72. The topological polar surface area (TPSA) is 33.0 Å². The highest BCUT2D eigenvalue weighted by Gasteiger charge is 2.05. The van der Waals surface area contributed by atoms with Crippen molar-refractivity contribution < 1.29 is 4.74 Å². The Morgan fingerprint density at radius 1 is 1.05 bits per heavy atom. The molecule has 0 radical (unpaired) electrons. The van der Waals surface area contributed by atoms with Crippen LogP contribution in [0.3, 0.4) is 0 Å². The highest BCUT2D eigenvalue weighted by molar-refractivity contribution is 5.41. The molecule has 0 aliphatic heterocycles. The van der Waals surface area contributed by atoms with Gasteiger partial charge in [0.05, 0.1) is 19.6 Å². The zero-order chi connectivity index (χ0) is 13.7. The molecule has 0 amide bonds. The number of nitrogens with zero attached hydrogens (tertiary/aromatic N) is 1. The molecule has 0 bridgehead atoms. The fourth-order valence-electron chi connectivity index (χ4n) is 2.06. The molecule has 0 saturated heterocycles. The summed E-state index contributed by atoms with van der Waals surface area (Å²) in [6.07, 6.45) is 1.26. The molecular formula is C17H17NO. The monoisotopic (exact) mass is 251 g/mol. The van der Waals surface area contributed by atoms with Crippen molar-refractivity contribution in [3.8, 4) is 11.8 Å². The van der Waals surface area contributed by atoms with E-state index in [-0.39, 0.29) is 0 Å². The number of benzene rings is 2. The van der Waals surface area contributed by atoms with Crippen LogP contribution in [-0.4, -0.2) is 7.11 Å². The van der Waals surface area contributed by atoms with Crippen LogP contribution in [0.25, 0.3) is 0 Å². The van der Waals surface area contributed by atoms with Gasteiger partial charge >= 0.3 is 0 Å². The van der Waals surface area contributed by atoms with Crippen molar-refractivity contribution in [1.82, 2.24) is 0 Å². The zero-order valence-electron chi connectivity index (χ0n) is 11.3. The van der Waals surface area contributed by atoms with E-state index in [0.717, 1.165) is 23.3 Å². The molecule has 0 aliphatic carbocycles. The number of methoxy groups -OCH3 is 1. The highest BCUT2D eigenvalue weighted by atomic mass is 16.5. The van der Waals surface area contributed by atoms with Crippen molar-refractivity contribution in [1.29, 1.82) is 5.26 Å². The summed E-state index contributed by atoms with van der Waals surface area (Å²) >= 11 is 0. The van der Waals surface area contributed by atoms with Gasteiger partial charge in [0, 0.05) is 6.42 Å². The molecule has 2 heteroatoms. The molecule has 0 aliphatic rings. The van der Waals surface area contributed by atoms with Gasteiger partial charge in [0.2, 0.25) is 0 Å². The second-order valence-electron chi connectivity index (χ2n) is 4.64. The van der Waals surface area contributed by atoms with Gasteiger partial charge in [-0.1, -0.05) is 42.0 Å². The zero-order valence-corrected chi connectivity index (χ0v) is 11.3. The third-order valence-corrected chi connectivity index (χ3v) is 3.15. The molecule has 2 aromatic rings. The molecule has 96 valence electrons. The van der Waals surface area contributed by atoms with E-state index >= 15 is 0 Å². The van der Waals surface area contributed by atoms with E-state index in [1.165, 1.54) is 11.1 Å². The third-order valence-electron chi connectivity index (χ3n) is 3.15. The number of ether oxygens (including phenoxy) is 1. The minimum atomic E-state index is 0.418. The quantitative estimate of drug-likeness (QED) is 0.830. The van der Waals surface area contributed by atoms with Gasteiger partial charge in [-0.05, 0) is 29.7 Å². The van der Waals surface area contributed by atoms with E-state index < -0.39 is 0 Å². The fourth-order valence-corrected chi connectivity index (χ4v) is 2.06. The normalized spacial score (nSPS) is 9.95. The Morgan fingerprint density at radius 3 is 2.37 bits per heavy atom. The fraction of sp³-hybridized carbons (Fsp3) is 0.235. The first-order chi connectivity index (χ1) is 9.22. The number of aryl methyl sites for hydroxylation is 1. The van der Waals surface area contributed by atoms with Crippen LogP contribution in [0, 0.1) is 18.3 Å². The first kappa shape index (κ1) is 13.2. The highest BCUT2D eigenvalue weighted by Crippen LogP contribution is 2.23. The van der Waals surface area contributed by atoms with Crippen molar-refractivity contribution in [3.05, 3.63) is 64.7 Å². The predicted molar refractivity (Wildman–Crippen MR) is 76.3 cm³/mol. The SMILES string of the molecule is COc1cc(CC#N)ccc1Cc1ccc(C)cc1. The summed E-state index contributed by atoms with van der Waals surface area (Å²) in [4.78, 5) is 0. The third kappa shape index (κ3) is 3.35. The van der Waals surface area contributed by atoms with Gasteiger partial charge in [-0.3, -0.25) is 0 Å². The molecule has 19 heavy (non-hydrogen) atoms. The Hall–Kier alpha value is -2.27. The standard InChI is InChI=1S/C17H17NO/c1-13-3-5-14(6-4-13)11-16-8-7-15(9-10-18)12-17(16)19-2/h3-8,12H,9,11H2,1-2H3. The van der Waals surface area contributed by atoms with E-state index in [9.17, 15) is 0 Å². The molecule has 0 N–H and O–H groups in total. The molecule has 0 fully saturated rings. The van der Waals surface area contributed by atoms with Crippen molar-refractivity contribution in [2.45, 2.75) is 19.8 Å². The minimum absolute atomic E-state index is 0.418. The van der Waals surface area contributed by atoms with Crippen LogP contribution in [0.2, 0.25) is 0 Å². The first-order valence-corrected chi connectivity index (χ1v) is 6.31. The maximum Gasteiger partial charge on any atom is 0.122 e. The van der Waals surface area contributed by atoms with Gasteiger partial charge in [0.15, 0.2) is 0 Å². The average Bonchev–Trinajstić information content (AvgIpc) is 2.43. The van der Waals surface area contributed by atoms with Crippen molar-refractivity contribution >= 4 is 0 Å². The Labute approximate surface area is 114 Å². The van der Waals surface area contributed by atoms with Crippen molar-refractivity contribution in [3.63, 3.8) is 0 Å². The van der Waals surface area contributed by atoms with E-state index in [2.05, 4.69) is 37.3 Å². The Kier molecular flexibility index (Phi) is 4.20. The first-order valence-electron chi connectivity index (χ1n) is 6.31. The van der Waals surface area contributed by atoms with Gasteiger partial charge in [-0.2, -0.15) is 5.26 Å². The molecular weight excluding hydrogens is 234 g/mol. The van der Waals surface area contributed by atoms with Crippen LogP contribution < -0.4 is 4.74 Å². The molecule has 0 aromatic heterocycles.